The normalized spacial score (nSPS) is 18.4. The molecule has 0 aromatic heterocycles. The van der Waals surface area contributed by atoms with Gasteiger partial charge in [0.05, 0.1) is 4.90 Å². The minimum Gasteiger partial charge on any atom is -0.386 e. The zero-order valence-electron chi connectivity index (χ0n) is 11.3. The summed E-state index contributed by atoms with van der Waals surface area (Å²) >= 11 is 0. The lowest BCUT2D eigenvalue weighted by Gasteiger charge is -2.50. The van der Waals surface area contributed by atoms with Crippen LogP contribution in [-0.2, 0) is 9.84 Å². The number of rotatable bonds is 4. The van der Waals surface area contributed by atoms with E-state index in [1.54, 1.807) is 0 Å². The fourth-order valence-electron chi connectivity index (χ4n) is 2.11. The second-order valence-electron chi connectivity index (χ2n) is 5.41. The summed E-state index contributed by atoms with van der Waals surface area (Å²) in [7, 11) is -4.55. The van der Waals surface area contributed by atoms with Crippen LogP contribution in [-0.4, -0.2) is 38.0 Å². The molecule has 1 N–H and O–H groups in total. The molecule has 7 heteroatoms. The lowest BCUT2D eigenvalue weighted by atomic mass is 9.83. The number of benzene rings is 1. The number of sulfone groups is 1. The van der Waals surface area contributed by atoms with Gasteiger partial charge < -0.3 is 10.0 Å². The third kappa shape index (κ3) is 2.52. The Kier molecular flexibility index (Phi) is 3.77. The van der Waals surface area contributed by atoms with Gasteiger partial charge in [0.15, 0.2) is 0 Å². The molecule has 1 saturated heterocycles. The van der Waals surface area contributed by atoms with Crippen molar-refractivity contribution in [1.29, 1.82) is 0 Å². The van der Waals surface area contributed by atoms with Gasteiger partial charge in [-0.3, -0.25) is 0 Å². The van der Waals surface area contributed by atoms with Crippen LogP contribution in [0.5, 0.6) is 0 Å². The number of halogens is 2. The molecule has 2 rings (SSSR count). The Morgan fingerprint density at radius 1 is 1.20 bits per heavy atom. The first-order valence-electron chi connectivity index (χ1n) is 6.26. The van der Waals surface area contributed by atoms with Crippen molar-refractivity contribution in [2.45, 2.75) is 30.1 Å². The molecule has 20 heavy (non-hydrogen) atoms. The second kappa shape index (κ2) is 4.96. The molecule has 1 aromatic carbocycles. The van der Waals surface area contributed by atoms with E-state index in [1.807, 2.05) is 18.7 Å². The van der Waals surface area contributed by atoms with Gasteiger partial charge in [0, 0.05) is 18.8 Å². The van der Waals surface area contributed by atoms with Gasteiger partial charge in [-0.1, -0.05) is 13.8 Å². The van der Waals surface area contributed by atoms with E-state index in [0.29, 0.717) is 18.8 Å². The average Bonchev–Trinajstić information content (AvgIpc) is 2.34. The van der Waals surface area contributed by atoms with Gasteiger partial charge in [-0.25, -0.2) is 8.42 Å². The maximum Gasteiger partial charge on any atom is 0.341 e. The predicted molar refractivity (Wildman–Crippen MR) is 71.6 cm³/mol. The van der Waals surface area contributed by atoms with Gasteiger partial charge in [0.2, 0.25) is 9.84 Å². The lowest BCUT2D eigenvalue weighted by Crippen LogP contribution is -2.64. The molecule has 0 radical (unpaired) electrons. The van der Waals surface area contributed by atoms with E-state index in [-0.39, 0.29) is 5.92 Å². The van der Waals surface area contributed by atoms with Gasteiger partial charge in [-0.2, -0.15) is 8.78 Å². The van der Waals surface area contributed by atoms with Crippen LogP contribution >= 0.6 is 0 Å². The first kappa shape index (κ1) is 15.2. The molecule has 1 aliphatic heterocycles. The number of nitrogens with zero attached hydrogens (tertiary/aromatic N) is 1. The van der Waals surface area contributed by atoms with Crippen molar-refractivity contribution < 1.29 is 22.3 Å². The summed E-state index contributed by atoms with van der Waals surface area (Å²) in [5.74, 6) is -3.29. The van der Waals surface area contributed by atoms with E-state index in [4.69, 9.17) is 0 Å². The van der Waals surface area contributed by atoms with Crippen LogP contribution in [0.1, 0.15) is 13.8 Å². The summed E-state index contributed by atoms with van der Waals surface area (Å²) in [5.41, 5.74) is -0.0307. The van der Waals surface area contributed by atoms with Crippen molar-refractivity contribution in [2.24, 2.45) is 5.92 Å². The third-order valence-corrected chi connectivity index (χ3v) is 5.17. The van der Waals surface area contributed by atoms with Crippen LogP contribution < -0.4 is 4.90 Å². The topological polar surface area (TPSA) is 57.6 Å². The van der Waals surface area contributed by atoms with E-state index in [0.717, 1.165) is 0 Å². The number of hydrogen-bond donors (Lipinski definition) is 1. The van der Waals surface area contributed by atoms with Gasteiger partial charge in [-0.05, 0) is 30.2 Å². The van der Waals surface area contributed by atoms with E-state index in [1.165, 1.54) is 24.3 Å². The SMILES string of the molecule is CC(C)C1(O)CN(c2ccc(S(=O)(=O)C(F)F)cc2)C1. The quantitative estimate of drug-likeness (QED) is 0.923. The van der Waals surface area contributed by atoms with Crippen molar-refractivity contribution in [3.63, 3.8) is 0 Å². The fraction of sp³-hybridized carbons (Fsp3) is 0.538. The van der Waals surface area contributed by atoms with Crippen molar-refractivity contribution in [3.05, 3.63) is 24.3 Å². The third-order valence-electron chi connectivity index (χ3n) is 3.77. The largest absolute Gasteiger partial charge is 0.386 e. The maximum atomic E-state index is 12.4. The average molecular weight is 305 g/mol. The van der Waals surface area contributed by atoms with Crippen molar-refractivity contribution in [1.82, 2.24) is 0 Å². The monoisotopic (exact) mass is 305 g/mol. The molecule has 0 saturated carbocycles. The molecule has 4 nitrogen and oxygen atoms in total. The second-order valence-corrected chi connectivity index (χ2v) is 7.33. The Hall–Kier alpha value is -1.21. The smallest absolute Gasteiger partial charge is 0.341 e. The molecule has 1 aromatic rings. The number of alkyl halides is 2. The minimum atomic E-state index is -4.55. The van der Waals surface area contributed by atoms with Gasteiger partial charge in [-0.15, -0.1) is 0 Å². The summed E-state index contributed by atoms with van der Waals surface area (Å²) in [4.78, 5) is 1.48. The zero-order chi connectivity index (χ0) is 15.1. The first-order chi connectivity index (χ1) is 9.17. The van der Waals surface area contributed by atoms with E-state index < -0.39 is 26.1 Å². The Morgan fingerprint density at radius 3 is 2.10 bits per heavy atom. The molecule has 0 amide bonds. The van der Waals surface area contributed by atoms with Gasteiger partial charge in [0.25, 0.3) is 0 Å². The molecular formula is C13H17F2NO3S. The molecule has 1 aliphatic rings. The molecular weight excluding hydrogens is 288 g/mol. The summed E-state index contributed by atoms with van der Waals surface area (Å²) < 4.78 is 47.4. The Bertz CT molecular complexity index is 578. The fourth-order valence-corrected chi connectivity index (χ4v) is 2.83. The van der Waals surface area contributed by atoms with Crippen molar-refractivity contribution in [3.8, 4) is 0 Å². The van der Waals surface area contributed by atoms with Crippen molar-refractivity contribution in [2.75, 3.05) is 18.0 Å². The van der Waals surface area contributed by atoms with Crippen LogP contribution in [0.3, 0.4) is 0 Å². The predicted octanol–water partition coefficient (Wildman–Crippen LogP) is 1.89. The molecule has 0 atom stereocenters. The Morgan fingerprint density at radius 2 is 1.70 bits per heavy atom. The summed E-state index contributed by atoms with van der Waals surface area (Å²) in [6, 6.07) is 5.30. The summed E-state index contributed by atoms with van der Waals surface area (Å²) in [5, 5.41) is 10.1. The molecule has 1 fully saturated rings. The first-order valence-corrected chi connectivity index (χ1v) is 7.81. The zero-order valence-corrected chi connectivity index (χ0v) is 12.1. The number of anilines is 1. The highest BCUT2D eigenvalue weighted by atomic mass is 32.2. The molecule has 0 aliphatic carbocycles. The Labute approximate surface area is 116 Å². The standard InChI is InChI=1S/C13H17F2NO3S/c1-9(2)13(17)7-16(8-13)10-3-5-11(6-4-10)20(18,19)12(14)15/h3-6,9,12,17H,7-8H2,1-2H3. The summed E-state index contributed by atoms with van der Waals surface area (Å²) in [6.07, 6.45) is 0. The van der Waals surface area contributed by atoms with Crippen LogP contribution in [0, 0.1) is 5.92 Å². The van der Waals surface area contributed by atoms with Crippen LogP contribution in [0.15, 0.2) is 29.2 Å². The summed E-state index contributed by atoms with van der Waals surface area (Å²) in [6.45, 7) is 4.75. The maximum absolute atomic E-state index is 12.4. The molecule has 0 spiro atoms. The highest BCUT2D eigenvalue weighted by molar-refractivity contribution is 7.91. The van der Waals surface area contributed by atoms with Crippen LogP contribution in [0.2, 0.25) is 0 Å². The van der Waals surface area contributed by atoms with Gasteiger partial charge in [0.1, 0.15) is 5.60 Å². The molecule has 0 bridgehead atoms. The van der Waals surface area contributed by atoms with Crippen LogP contribution in [0.4, 0.5) is 14.5 Å². The molecule has 112 valence electrons. The van der Waals surface area contributed by atoms with Crippen molar-refractivity contribution >= 4 is 15.5 Å². The molecule has 1 heterocycles. The van der Waals surface area contributed by atoms with Gasteiger partial charge >= 0.3 is 5.76 Å². The molecule has 0 unspecified atom stereocenters. The van der Waals surface area contributed by atoms with Crippen LogP contribution in [0.25, 0.3) is 0 Å². The number of aliphatic hydroxyl groups is 1. The lowest BCUT2D eigenvalue weighted by molar-refractivity contribution is -0.0300. The van der Waals surface area contributed by atoms with E-state index >= 15 is 0 Å². The minimum absolute atomic E-state index is 0.122. The highest BCUT2D eigenvalue weighted by Gasteiger charge is 2.43. The highest BCUT2D eigenvalue weighted by Crippen LogP contribution is 2.33. The van der Waals surface area contributed by atoms with E-state index in [9.17, 15) is 22.3 Å². The Balaban J connectivity index is 2.12. The van der Waals surface area contributed by atoms with E-state index in [2.05, 4.69) is 0 Å². The number of β-amino-alcohol motifs (C(OH)–C–C–N with tert-alkyl or cyclic N) is 1. The number of hydrogen-bond acceptors (Lipinski definition) is 4.